The summed E-state index contributed by atoms with van der Waals surface area (Å²) in [5.74, 6) is 2.40. The summed E-state index contributed by atoms with van der Waals surface area (Å²) >= 11 is 6.51. The van der Waals surface area contributed by atoms with Crippen molar-refractivity contribution in [3.63, 3.8) is 0 Å². The maximum Gasteiger partial charge on any atom is 0.227 e. The maximum atomic E-state index is 12.8. The van der Waals surface area contributed by atoms with Gasteiger partial charge >= 0.3 is 0 Å². The second-order valence-corrected chi connectivity index (χ2v) is 11.1. The molecule has 1 aromatic rings. The van der Waals surface area contributed by atoms with E-state index in [1.165, 1.54) is 37.0 Å². The van der Waals surface area contributed by atoms with E-state index in [4.69, 9.17) is 11.6 Å². The largest absolute Gasteiger partial charge is 0.313 e. The lowest BCUT2D eigenvalue weighted by Gasteiger charge is -2.58. The number of carbonyl (C=O) groups is 1. The number of fused-ring (bicyclic) bond motifs is 5. The molecule has 0 unspecified atom stereocenters. The van der Waals surface area contributed by atoms with Gasteiger partial charge in [-0.25, -0.2) is 4.98 Å². The van der Waals surface area contributed by atoms with Gasteiger partial charge in [-0.05, 0) is 79.8 Å². The highest BCUT2D eigenvalue weighted by Gasteiger charge is 2.59. The standard InChI is InChI=1S/C26H31ClN2O/c1-25-13-11-21-17(19(25)8-9-20(25)18-4-3-15-28-24(18)27)7-10-22-26(21,2)14-12-23(30)29(22)16-5-6-16/h3-4,9-10,15-17,19,21H,5-8,11-14H2,1-2H3/t17-,19-,21-,25-,26+/m0/s1. The Labute approximate surface area is 184 Å². The van der Waals surface area contributed by atoms with Crippen molar-refractivity contribution >= 4 is 23.1 Å². The van der Waals surface area contributed by atoms with Crippen molar-refractivity contribution in [3.8, 4) is 0 Å². The average molecular weight is 423 g/mol. The number of aromatic nitrogens is 1. The van der Waals surface area contributed by atoms with E-state index in [9.17, 15) is 4.79 Å². The fourth-order valence-corrected chi connectivity index (χ4v) is 7.91. The molecule has 158 valence electrons. The zero-order valence-electron chi connectivity index (χ0n) is 18.0. The highest BCUT2D eigenvalue weighted by molar-refractivity contribution is 6.31. The summed E-state index contributed by atoms with van der Waals surface area (Å²) in [4.78, 5) is 19.3. The molecule has 0 radical (unpaired) electrons. The first kappa shape index (κ1) is 19.1. The summed E-state index contributed by atoms with van der Waals surface area (Å²) in [7, 11) is 0. The second kappa shape index (κ2) is 6.45. The van der Waals surface area contributed by atoms with Crippen LogP contribution in [0.5, 0.6) is 0 Å². The molecule has 6 rings (SSSR count). The minimum atomic E-state index is 0.162. The molecule has 4 heteroatoms. The molecule has 30 heavy (non-hydrogen) atoms. The number of pyridine rings is 1. The summed E-state index contributed by atoms with van der Waals surface area (Å²) in [5, 5.41) is 0.636. The Morgan fingerprint density at radius 3 is 2.67 bits per heavy atom. The monoisotopic (exact) mass is 422 g/mol. The van der Waals surface area contributed by atoms with Crippen LogP contribution in [0.1, 0.15) is 70.8 Å². The van der Waals surface area contributed by atoms with E-state index in [0.717, 1.165) is 31.2 Å². The normalized spacial score (nSPS) is 40.3. The minimum absolute atomic E-state index is 0.162. The van der Waals surface area contributed by atoms with Crippen LogP contribution >= 0.6 is 11.6 Å². The fourth-order valence-electron chi connectivity index (χ4n) is 7.69. The summed E-state index contributed by atoms with van der Waals surface area (Å²) in [6.07, 6.45) is 15.5. The number of hydrogen-bond acceptors (Lipinski definition) is 2. The van der Waals surface area contributed by atoms with Crippen molar-refractivity contribution in [2.24, 2.45) is 28.6 Å². The second-order valence-electron chi connectivity index (χ2n) is 10.8. The molecule has 5 atom stereocenters. The van der Waals surface area contributed by atoms with Gasteiger partial charge in [0.1, 0.15) is 5.15 Å². The van der Waals surface area contributed by atoms with E-state index in [1.54, 1.807) is 6.20 Å². The quantitative estimate of drug-likeness (QED) is 0.527. The Balaban J connectivity index is 1.35. The van der Waals surface area contributed by atoms with E-state index in [0.29, 0.717) is 34.9 Å². The van der Waals surface area contributed by atoms with Crippen molar-refractivity contribution in [2.75, 3.05) is 0 Å². The number of likely N-dealkylation sites (tertiary alicyclic amines) is 1. The molecule has 1 aliphatic heterocycles. The van der Waals surface area contributed by atoms with Crippen LogP contribution in [-0.2, 0) is 4.79 Å². The van der Waals surface area contributed by atoms with E-state index in [-0.39, 0.29) is 10.8 Å². The molecule has 2 heterocycles. The average Bonchev–Trinajstić information content (AvgIpc) is 3.50. The molecule has 0 aromatic carbocycles. The predicted molar refractivity (Wildman–Crippen MR) is 120 cm³/mol. The molecule has 5 aliphatic rings. The van der Waals surface area contributed by atoms with Crippen molar-refractivity contribution in [1.82, 2.24) is 9.88 Å². The zero-order valence-corrected chi connectivity index (χ0v) is 18.8. The van der Waals surface area contributed by atoms with Crippen molar-refractivity contribution < 1.29 is 4.79 Å². The van der Waals surface area contributed by atoms with Gasteiger partial charge in [0.15, 0.2) is 0 Å². The van der Waals surface area contributed by atoms with Crippen LogP contribution in [0, 0.1) is 28.6 Å². The van der Waals surface area contributed by atoms with E-state index < -0.39 is 0 Å². The van der Waals surface area contributed by atoms with Gasteiger partial charge in [-0.15, -0.1) is 0 Å². The lowest BCUT2D eigenvalue weighted by atomic mass is 9.49. The van der Waals surface area contributed by atoms with Crippen LogP contribution in [0.15, 0.2) is 36.2 Å². The predicted octanol–water partition coefficient (Wildman–Crippen LogP) is 6.25. The number of carbonyl (C=O) groups excluding carboxylic acids is 1. The Morgan fingerprint density at radius 2 is 1.90 bits per heavy atom. The molecule has 2 saturated carbocycles. The van der Waals surface area contributed by atoms with Crippen LogP contribution in [0.3, 0.4) is 0 Å². The molecular formula is C26H31ClN2O. The SMILES string of the molecule is C[C@]12CCC(=O)N(C3CC3)C1=CC[C@@H]1[C@@H]2CC[C@]2(C)C(c3cccnc3Cl)=CC[C@@H]12. The van der Waals surface area contributed by atoms with Gasteiger partial charge in [0.25, 0.3) is 0 Å². The first-order valence-electron chi connectivity index (χ1n) is 11.8. The van der Waals surface area contributed by atoms with Crippen molar-refractivity contribution in [1.29, 1.82) is 0 Å². The maximum absolute atomic E-state index is 12.8. The number of rotatable bonds is 2. The van der Waals surface area contributed by atoms with Gasteiger partial charge in [0.2, 0.25) is 5.91 Å². The summed E-state index contributed by atoms with van der Waals surface area (Å²) < 4.78 is 0. The van der Waals surface area contributed by atoms with Gasteiger partial charge in [-0.1, -0.05) is 43.7 Å². The minimum Gasteiger partial charge on any atom is -0.313 e. The summed E-state index contributed by atoms with van der Waals surface area (Å²) in [5.41, 5.74) is 4.27. The Hall–Kier alpha value is -1.61. The molecule has 0 bridgehead atoms. The van der Waals surface area contributed by atoms with Crippen molar-refractivity contribution in [2.45, 2.75) is 71.3 Å². The van der Waals surface area contributed by atoms with Crippen LogP contribution in [-0.4, -0.2) is 21.8 Å². The lowest BCUT2D eigenvalue weighted by molar-refractivity contribution is -0.137. The number of nitrogens with zero attached hydrogens (tertiary/aromatic N) is 2. The van der Waals surface area contributed by atoms with Crippen molar-refractivity contribution in [3.05, 3.63) is 46.9 Å². The molecule has 1 aromatic heterocycles. The third-order valence-electron chi connectivity index (χ3n) is 9.35. The number of piperidine rings is 1. The molecule has 4 aliphatic carbocycles. The number of allylic oxidation sites excluding steroid dienone is 4. The zero-order chi connectivity index (χ0) is 20.7. The van der Waals surface area contributed by atoms with Gasteiger partial charge in [0, 0.05) is 35.3 Å². The third kappa shape index (κ3) is 2.51. The van der Waals surface area contributed by atoms with E-state index in [1.807, 2.05) is 6.07 Å². The smallest absolute Gasteiger partial charge is 0.227 e. The Kier molecular flexibility index (Phi) is 4.11. The highest BCUT2D eigenvalue weighted by atomic mass is 35.5. The molecule has 0 spiro atoms. The highest BCUT2D eigenvalue weighted by Crippen LogP contribution is 2.66. The molecule has 1 amide bonds. The number of halogens is 1. The van der Waals surface area contributed by atoms with Gasteiger partial charge < -0.3 is 4.90 Å². The first-order valence-corrected chi connectivity index (χ1v) is 12.2. The van der Waals surface area contributed by atoms with E-state index >= 15 is 0 Å². The van der Waals surface area contributed by atoms with Crippen LogP contribution in [0.2, 0.25) is 5.15 Å². The molecule has 3 nitrogen and oxygen atoms in total. The topological polar surface area (TPSA) is 33.2 Å². The van der Waals surface area contributed by atoms with Gasteiger partial charge in [-0.2, -0.15) is 0 Å². The third-order valence-corrected chi connectivity index (χ3v) is 9.65. The van der Waals surface area contributed by atoms with Gasteiger partial charge in [0.05, 0.1) is 0 Å². The molecular weight excluding hydrogens is 392 g/mol. The summed E-state index contributed by atoms with van der Waals surface area (Å²) in [6, 6.07) is 4.63. The van der Waals surface area contributed by atoms with Crippen LogP contribution in [0.4, 0.5) is 0 Å². The fraction of sp³-hybridized carbons (Fsp3) is 0.615. The van der Waals surface area contributed by atoms with Crippen LogP contribution in [0.25, 0.3) is 5.57 Å². The Morgan fingerprint density at radius 1 is 1.07 bits per heavy atom. The Bertz CT molecular complexity index is 979. The molecule has 3 fully saturated rings. The summed E-state index contributed by atoms with van der Waals surface area (Å²) in [6.45, 7) is 4.94. The molecule has 0 N–H and O–H groups in total. The lowest BCUT2D eigenvalue weighted by Crippen LogP contribution is -2.54. The number of hydrogen-bond donors (Lipinski definition) is 0. The molecule has 1 saturated heterocycles. The first-order chi connectivity index (χ1) is 14.4. The van der Waals surface area contributed by atoms with Crippen LogP contribution < -0.4 is 0 Å². The van der Waals surface area contributed by atoms with E-state index in [2.05, 4.69) is 41.9 Å². The van der Waals surface area contributed by atoms with Gasteiger partial charge in [-0.3, -0.25) is 4.79 Å². The number of amides is 1.